The summed E-state index contributed by atoms with van der Waals surface area (Å²) in [5, 5.41) is 164. The van der Waals surface area contributed by atoms with E-state index in [2.05, 4.69) is 0 Å². The number of aliphatic hydroxyl groups excluding tert-OH is 3. The molecule has 0 aromatic heterocycles. The van der Waals surface area contributed by atoms with Crippen molar-refractivity contribution in [3.63, 3.8) is 0 Å². The van der Waals surface area contributed by atoms with Gasteiger partial charge in [0.05, 0.1) is 6.10 Å². The molecule has 0 aliphatic carbocycles. The Bertz CT molecular complexity index is 2800. The van der Waals surface area contributed by atoms with E-state index in [4.69, 9.17) is 14.2 Å². The predicted octanol–water partition coefficient (Wildman–Crippen LogP) is 4.44. The van der Waals surface area contributed by atoms with E-state index in [0.717, 1.165) is 36.4 Å². The van der Waals surface area contributed by atoms with Gasteiger partial charge < -0.3 is 90.8 Å². The molecule has 18 heteroatoms. The van der Waals surface area contributed by atoms with Crippen LogP contribution in [0, 0.1) is 0 Å². The molecular formula is C45H38O18. The number of aromatic hydroxyl groups is 12. The van der Waals surface area contributed by atoms with Crippen molar-refractivity contribution in [1.29, 1.82) is 0 Å². The van der Waals surface area contributed by atoms with Gasteiger partial charge in [0.15, 0.2) is 58.2 Å². The van der Waals surface area contributed by atoms with Crippen molar-refractivity contribution in [3.05, 3.63) is 123 Å². The minimum atomic E-state index is -1.83. The maximum Gasteiger partial charge on any atom is 0.200 e. The zero-order chi connectivity index (χ0) is 44.9. The fraction of sp³-hybridized carbons (Fsp3) is 0.200. The SMILES string of the molecule is Oc1ccc2c(c1)O[C@@H](c1cc(O)c(O)c(O)c1)[C@H](O)[C@@H]2c1c(O)ccc2c1O[C@@H](c1cc(O)c(O)c(O)c1)[C@@H](O)[C@@H]2c1c(O)cc(O)c2c1O[C@H](c1ccc(O)c(O)c1)[C@H](O)C2. The Balaban J connectivity index is 1.29. The lowest BCUT2D eigenvalue weighted by molar-refractivity contribution is -0.00477. The molecule has 0 unspecified atom stereocenters. The fourth-order valence-electron chi connectivity index (χ4n) is 8.90. The van der Waals surface area contributed by atoms with E-state index in [1.54, 1.807) is 0 Å². The summed E-state index contributed by atoms with van der Waals surface area (Å²) >= 11 is 0. The van der Waals surface area contributed by atoms with Gasteiger partial charge in [-0.2, -0.15) is 0 Å². The van der Waals surface area contributed by atoms with Crippen LogP contribution in [0.3, 0.4) is 0 Å². The number of fused-ring (bicyclic) bond motifs is 3. The molecule has 3 heterocycles. The van der Waals surface area contributed by atoms with Crippen LogP contribution >= 0.6 is 0 Å². The van der Waals surface area contributed by atoms with E-state index in [1.165, 1.54) is 42.5 Å². The summed E-state index contributed by atoms with van der Waals surface area (Å²) in [5.41, 5.74) is -0.232. The van der Waals surface area contributed by atoms with Gasteiger partial charge in [-0.15, -0.1) is 0 Å². The number of rotatable bonds is 5. The van der Waals surface area contributed by atoms with E-state index < -0.39 is 112 Å². The minimum absolute atomic E-state index is 0.0119. The third-order valence-electron chi connectivity index (χ3n) is 11.8. The average Bonchev–Trinajstić information content (AvgIpc) is 3.23. The summed E-state index contributed by atoms with van der Waals surface area (Å²) < 4.78 is 19.0. The van der Waals surface area contributed by atoms with Crippen LogP contribution in [0.4, 0.5) is 0 Å². The summed E-state index contributed by atoms with van der Waals surface area (Å²) in [4.78, 5) is 0. The average molecular weight is 867 g/mol. The molecule has 0 saturated heterocycles. The lowest BCUT2D eigenvalue weighted by Gasteiger charge is -2.43. The molecule has 18 nitrogen and oxygen atoms in total. The van der Waals surface area contributed by atoms with Crippen LogP contribution in [-0.2, 0) is 6.42 Å². The second-order valence-electron chi connectivity index (χ2n) is 15.7. The molecule has 0 fully saturated rings. The van der Waals surface area contributed by atoms with Crippen LogP contribution in [0.5, 0.6) is 86.2 Å². The first kappa shape index (κ1) is 40.6. The molecule has 6 aromatic rings. The monoisotopic (exact) mass is 866 g/mol. The van der Waals surface area contributed by atoms with E-state index in [0.29, 0.717) is 0 Å². The molecule has 63 heavy (non-hydrogen) atoms. The quantitative estimate of drug-likeness (QED) is 0.106. The first-order valence-corrected chi connectivity index (χ1v) is 19.3. The summed E-state index contributed by atoms with van der Waals surface area (Å²) in [6.07, 6.45) is -9.69. The number of hydrogen-bond acceptors (Lipinski definition) is 18. The highest BCUT2D eigenvalue weighted by Gasteiger charge is 2.49. The first-order valence-electron chi connectivity index (χ1n) is 19.3. The number of hydrogen-bond donors (Lipinski definition) is 15. The van der Waals surface area contributed by atoms with Crippen LogP contribution in [0.15, 0.2) is 78.9 Å². The summed E-state index contributed by atoms with van der Waals surface area (Å²) in [6, 6.07) is 15.1. The molecule has 3 aliphatic heterocycles. The number of phenols is 12. The van der Waals surface area contributed by atoms with E-state index >= 15 is 0 Å². The fourth-order valence-corrected chi connectivity index (χ4v) is 8.90. The lowest BCUT2D eigenvalue weighted by Crippen LogP contribution is -2.39. The second kappa shape index (κ2) is 14.7. The zero-order valence-electron chi connectivity index (χ0n) is 32.3. The van der Waals surface area contributed by atoms with Crippen LogP contribution in [0.25, 0.3) is 0 Å². The topological polar surface area (TPSA) is 331 Å². The third-order valence-corrected chi connectivity index (χ3v) is 11.8. The molecule has 8 atom stereocenters. The van der Waals surface area contributed by atoms with Crippen LogP contribution in [-0.4, -0.2) is 94.9 Å². The molecule has 3 aliphatic rings. The van der Waals surface area contributed by atoms with Crippen molar-refractivity contribution < 1.29 is 90.8 Å². The van der Waals surface area contributed by atoms with Gasteiger partial charge in [-0.1, -0.05) is 18.2 Å². The van der Waals surface area contributed by atoms with Crippen molar-refractivity contribution in [2.75, 3.05) is 0 Å². The van der Waals surface area contributed by atoms with E-state index in [9.17, 15) is 76.6 Å². The predicted molar refractivity (Wildman–Crippen MR) is 214 cm³/mol. The molecule has 15 N–H and O–H groups in total. The van der Waals surface area contributed by atoms with Gasteiger partial charge in [-0.3, -0.25) is 0 Å². The maximum atomic E-state index is 12.5. The molecular weight excluding hydrogens is 828 g/mol. The molecule has 0 radical (unpaired) electrons. The van der Waals surface area contributed by atoms with Gasteiger partial charge in [-0.25, -0.2) is 0 Å². The van der Waals surface area contributed by atoms with Gasteiger partial charge in [0, 0.05) is 69.3 Å². The summed E-state index contributed by atoms with van der Waals surface area (Å²) in [6.45, 7) is 0. The Kier molecular flexibility index (Phi) is 9.46. The maximum absolute atomic E-state index is 12.5. The van der Waals surface area contributed by atoms with Gasteiger partial charge in [-0.05, 0) is 54.1 Å². The highest BCUT2D eigenvalue weighted by atomic mass is 16.5. The number of benzene rings is 6. The Labute approximate surface area is 354 Å². The standard InChI is InChI=1S/C45H38O18/c46-18-2-3-19-32(12-18)61-42(16-8-27(52)37(57)28(53)9-16)39(59)33(19)35-23(48)6-4-20-34(40(60)43(63-44(20)35)17-10-29(54)38(58)30(55)11-17)36-26(51)14-24(49)21-13-31(56)41(62-45(21)36)15-1-5-22(47)25(50)7-15/h1-12,14,31,33-34,39-43,46-60H,13H2/t31-,33+,34+,39-,40+,41-,42+,43+/m1/s1. The lowest BCUT2D eigenvalue weighted by atomic mass is 9.74. The van der Waals surface area contributed by atoms with Crippen molar-refractivity contribution in [3.8, 4) is 86.2 Å². The van der Waals surface area contributed by atoms with Crippen molar-refractivity contribution in [2.45, 2.75) is 54.9 Å². The summed E-state index contributed by atoms with van der Waals surface area (Å²) in [5.74, 6) is -11.3. The Morgan fingerprint density at radius 3 is 1.51 bits per heavy atom. The number of phenolic OH excluding ortho intramolecular Hbond substituents is 12. The molecule has 0 saturated carbocycles. The van der Waals surface area contributed by atoms with Gasteiger partial charge >= 0.3 is 0 Å². The molecule has 326 valence electrons. The molecule has 0 bridgehead atoms. The molecule has 0 spiro atoms. The summed E-state index contributed by atoms with van der Waals surface area (Å²) in [7, 11) is 0. The normalized spacial score (nSPS) is 23.6. The zero-order valence-corrected chi connectivity index (χ0v) is 32.3. The van der Waals surface area contributed by atoms with Crippen LogP contribution < -0.4 is 14.2 Å². The van der Waals surface area contributed by atoms with Gasteiger partial charge in [0.1, 0.15) is 58.6 Å². The van der Waals surface area contributed by atoms with Crippen LogP contribution in [0.2, 0.25) is 0 Å². The minimum Gasteiger partial charge on any atom is -0.508 e. The second-order valence-corrected chi connectivity index (χ2v) is 15.7. The van der Waals surface area contributed by atoms with Gasteiger partial charge in [0.25, 0.3) is 0 Å². The van der Waals surface area contributed by atoms with Crippen molar-refractivity contribution >= 4 is 0 Å². The molecule has 0 amide bonds. The van der Waals surface area contributed by atoms with E-state index in [-0.39, 0.29) is 73.9 Å². The van der Waals surface area contributed by atoms with Gasteiger partial charge in [0.2, 0.25) is 0 Å². The van der Waals surface area contributed by atoms with Crippen molar-refractivity contribution in [1.82, 2.24) is 0 Å². The molecule has 9 rings (SSSR count). The smallest absolute Gasteiger partial charge is 0.200 e. The van der Waals surface area contributed by atoms with Crippen molar-refractivity contribution in [2.24, 2.45) is 0 Å². The Morgan fingerprint density at radius 2 is 0.905 bits per heavy atom. The van der Waals surface area contributed by atoms with Crippen LogP contribution in [0.1, 0.15) is 74.7 Å². The van der Waals surface area contributed by atoms with E-state index in [1.807, 2.05) is 0 Å². The largest absolute Gasteiger partial charge is 0.508 e. The number of aliphatic hydroxyl groups is 3. The Morgan fingerprint density at radius 1 is 0.397 bits per heavy atom. The third kappa shape index (κ3) is 6.46. The highest BCUT2D eigenvalue weighted by molar-refractivity contribution is 5.67. The molecule has 6 aromatic carbocycles. The number of ether oxygens (including phenoxy) is 3. The first-order chi connectivity index (χ1) is 29.9. The highest BCUT2D eigenvalue weighted by Crippen LogP contribution is 2.60. The Hall–Kier alpha value is -7.80.